The summed E-state index contributed by atoms with van der Waals surface area (Å²) in [5, 5.41) is 12.9. The molecule has 83 heavy (non-hydrogen) atoms. The van der Waals surface area contributed by atoms with Gasteiger partial charge in [0.1, 0.15) is 0 Å². The molecule has 0 spiro atoms. The molecule has 0 amide bonds. The van der Waals surface area contributed by atoms with E-state index in [1.807, 2.05) is 0 Å². The number of hydrogen-bond donors (Lipinski definition) is 0. The molecule has 0 N–H and O–H groups in total. The Morgan fingerprint density at radius 3 is 1.35 bits per heavy atom. The van der Waals surface area contributed by atoms with E-state index in [1.165, 1.54) is 170 Å². The minimum atomic E-state index is -0.124. The van der Waals surface area contributed by atoms with Crippen molar-refractivity contribution in [2.24, 2.45) is 0 Å². The zero-order valence-electron chi connectivity index (χ0n) is 47.6. The molecule has 0 unspecified atom stereocenters. The summed E-state index contributed by atoms with van der Waals surface area (Å²) >= 11 is 0. The highest BCUT2D eigenvalue weighted by atomic mass is 15.0. The molecule has 392 valence electrons. The van der Waals surface area contributed by atoms with Gasteiger partial charge in [-0.25, -0.2) is 0 Å². The molecule has 0 fully saturated rings. The van der Waals surface area contributed by atoms with E-state index in [0.717, 1.165) is 0 Å². The summed E-state index contributed by atoms with van der Waals surface area (Å²) in [6.45, 7) is 14.1. The summed E-state index contributed by atoms with van der Waals surface area (Å²) in [6, 6.07) is 94.9. The van der Waals surface area contributed by atoms with Crippen molar-refractivity contribution in [1.29, 1.82) is 0 Å². The molecule has 0 atom stereocenters. The molecule has 2 aliphatic rings. The quantitative estimate of drug-likeness (QED) is 0.120. The smallest absolute Gasteiger partial charge is 0.252 e. The molecule has 15 aromatic rings. The Balaban J connectivity index is 1.11. The molecular formula is C80H59BN2. The van der Waals surface area contributed by atoms with Crippen molar-refractivity contribution in [2.75, 3.05) is 0 Å². The van der Waals surface area contributed by atoms with Crippen molar-refractivity contribution in [3.8, 4) is 67.0 Å². The van der Waals surface area contributed by atoms with E-state index in [2.05, 4.69) is 299 Å². The van der Waals surface area contributed by atoms with E-state index < -0.39 is 0 Å². The van der Waals surface area contributed by atoms with Gasteiger partial charge >= 0.3 is 0 Å². The first-order valence-electron chi connectivity index (χ1n) is 29.5. The Bertz CT molecular complexity index is 5170. The number of nitrogens with zero attached hydrogens (tertiary/aromatic N) is 2. The molecule has 3 heteroatoms. The average Bonchev–Trinajstić information content (AvgIpc) is 1.69. The number of benzene rings is 13. The lowest BCUT2D eigenvalue weighted by molar-refractivity contribution is 0.590. The number of rotatable bonds is 5. The van der Waals surface area contributed by atoms with Gasteiger partial charge in [-0.05, 0) is 163 Å². The van der Waals surface area contributed by atoms with Crippen LogP contribution in [-0.2, 0) is 10.8 Å². The van der Waals surface area contributed by atoms with Crippen molar-refractivity contribution in [3.63, 3.8) is 0 Å². The topological polar surface area (TPSA) is 9.86 Å². The van der Waals surface area contributed by atoms with Gasteiger partial charge in [0.05, 0.1) is 11.0 Å². The molecule has 4 heterocycles. The van der Waals surface area contributed by atoms with Crippen LogP contribution in [-0.4, -0.2) is 15.8 Å². The van der Waals surface area contributed by atoms with Gasteiger partial charge in [0.25, 0.3) is 6.71 Å². The number of fused-ring (bicyclic) bond motifs is 17. The number of aromatic nitrogens is 2. The predicted molar refractivity (Wildman–Crippen MR) is 357 cm³/mol. The lowest BCUT2D eigenvalue weighted by Crippen LogP contribution is -2.59. The zero-order valence-corrected chi connectivity index (χ0v) is 47.6. The van der Waals surface area contributed by atoms with Gasteiger partial charge in [-0.15, -0.1) is 0 Å². The standard InChI is InChI=1S/C80H59BN2/c1-79(2,3)53-37-39-69-64(45-53)65-46-54(80(4,5)6)47-68-77(65)82(69)71-43-52(73-57(49-25-12-8-13-26-49)35-22-36-58(73)50-27-14-9-15-28-50)44-72-76(71)81(68)67-42-51(56-30-17-16-29-55(56)48-23-10-7-11-24-48)41-66-75-70(83(72)78(66)67)40-38-63-61-33-19-18-31-59(61)60-32-20-21-34-62(60)74(63)75/h7-47H,1-6H3. The van der Waals surface area contributed by atoms with Crippen LogP contribution in [0.1, 0.15) is 52.7 Å². The molecule has 2 aromatic heterocycles. The fourth-order valence-electron chi connectivity index (χ4n) is 14.9. The first-order chi connectivity index (χ1) is 40.5. The maximum absolute atomic E-state index is 2.71. The lowest BCUT2D eigenvalue weighted by Gasteiger charge is -2.35. The lowest BCUT2D eigenvalue weighted by atomic mass is 9.34. The van der Waals surface area contributed by atoms with Crippen molar-refractivity contribution in [3.05, 3.63) is 260 Å². The summed E-state index contributed by atoms with van der Waals surface area (Å²) in [4.78, 5) is 0. The van der Waals surface area contributed by atoms with Gasteiger partial charge in [-0.2, -0.15) is 0 Å². The van der Waals surface area contributed by atoms with E-state index >= 15 is 0 Å². The van der Waals surface area contributed by atoms with E-state index in [9.17, 15) is 0 Å². The van der Waals surface area contributed by atoms with Crippen LogP contribution in [0.4, 0.5) is 0 Å². The minimum Gasteiger partial charge on any atom is -0.310 e. The van der Waals surface area contributed by atoms with Gasteiger partial charge in [-0.1, -0.05) is 248 Å². The third kappa shape index (κ3) is 6.92. The van der Waals surface area contributed by atoms with Crippen LogP contribution < -0.4 is 16.4 Å². The van der Waals surface area contributed by atoms with E-state index in [-0.39, 0.29) is 17.5 Å². The fourth-order valence-corrected chi connectivity index (χ4v) is 14.9. The first kappa shape index (κ1) is 48.1. The highest BCUT2D eigenvalue weighted by Gasteiger charge is 2.43. The summed E-state index contributed by atoms with van der Waals surface area (Å²) < 4.78 is 5.39. The molecule has 0 saturated carbocycles. The Morgan fingerprint density at radius 2 is 0.747 bits per heavy atom. The highest BCUT2D eigenvalue weighted by molar-refractivity contribution is 7.00. The second-order valence-corrected chi connectivity index (χ2v) is 25.5. The predicted octanol–water partition coefficient (Wildman–Crippen LogP) is 19.4. The van der Waals surface area contributed by atoms with Gasteiger partial charge in [0.2, 0.25) is 0 Å². The molecule has 2 nitrogen and oxygen atoms in total. The second kappa shape index (κ2) is 17.4. The average molecular weight is 1060 g/mol. The molecule has 0 radical (unpaired) electrons. The largest absolute Gasteiger partial charge is 0.310 e. The van der Waals surface area contributed by atoms with Crippen molar-refractivity contribution >= 4 is 99.0 Å². The summed E-state index contributed by atoms with van der Waals surface area (Å²) in [7, 11) is 0. The zero-order chi connectivity index (χ0) is 55.6. The van der Waals surface area contributed by atoms with Crippen LogP contribution >= 0.6 is 0 Å². The minimum absolute atomic E-state index is 0.0413. The molecule has 0 aliphatic carbocycles. The molecular weight excluding hydrogens is 1000 g/mol. The van der Waals surface area contributed by atoms with Crippen LogP contribution in [0.2, 0.25) is 0 Å². The SMILES string of the molecule is CC(C)(C)c1ccc2c(c1)c1cc(C(C)(C)C)cc3c1n2-c1cc(-c2c(-c4ccccc4)cccc2-c2ccccc2)cc2c1B3c1cc(-c3ccccc3-c3ccccc3)cc3c4c5c6ccccc6c6ccccc6c5ccc4n-2c13. The Labute approximate surface area is 484 Å². The van der Waals surface area contributed by atoms with Gasteiger partial charge in [0, 0.05) is 49.3 Å². The fraction of sp³-hybridized carbons (Fsp3) is 0.100. The Morgan fingerprint density at radius 1 is 0.289 bits per heavy atom. The van der Waals surface area contributed by atoms with E-state index in [4.69, 9.17) is 0 Å². The third-order valence-electron chi connectivity index (χ3n) is 18.8. The maximum Gasteiger partial charge on any atom is 0.252 e. The third-order valence-corrected chi connectivity index (χ3v) is 18.8. The molecule has 0 saturated heterocycles. The van der Waals surface area contributed by atoms with Crippen molar-refractivity contribution in [2.45, 2.75) is 52.4 Å². The Kier molecular flexibility index (Phi) is 10.1. The van der Waals surface area contributed by atoms with Gasteiger partial charge < -0.3 is 9.13 Å². The van der Waals surface area contributed by atoms with E-state index in [0.29, 0.717) is 0 Å². The summed E-state index contributed by atoms with van der Waals surface area (Å²) in [5.74, 6) is 0. The Hall–Kier alpha value is -9.70. The number of hydrogen-bond acceptors (Lipinski definition) is 0. The molecule has 17 rings (SSSR count). The van der Waals surface area contributed by atoms with Gasteiger partial charge in [-0.3, -0.25) is 0 Å². The van der Waals surface area contributed by atoms with Crippen molar-refractivity contribution in [1.82, 2.24) is 9.13 Å². The highest BCUT2D eigenvalue weighted by Crippen LogP contribution is 2.49. The molecule has 13 aromatic carbocycles. The molecule has 2 aliphatic heterocycles. The first-order valence-corrected chi connectivity index (χ1v) is 29.5. The van der Waals surface area contributed by atoms with E-state index in [1.54, 1.807) is 0 Å². The van der Waals surface area contributed by atoms with Crippen molar-refractivity contribution < 1.29 is 0 Å². The summed E-state index contributed by atoms with van der Waals surface area (Å²) in [6.07, 6.45) is 0. The van der Waals surface area contributed by atoms with Crippen LogP contribution in [0.15, 0.2) is 249 Å². The summed E-state index contributed by atoms with van der Waals surface area (Å²) in [5.41, 5.74) is 26.2. The van der Waals surface area contributed by atoms with Crippen LogP contribution in [0.5, 0.6) is 0 Å². The normalized spacial score (nSPS) is 12.9. The van der Waals surface area contributed by atoms with Crippen LogP contribution in [0.25, 0.3) is 143 Å². The monoisotopic (exact) mass is 1060 g/mol. The van der Waals surface area contributed by atoms with Crippen LogP contribution in [0, 0.1) is 0 Å². The van der Waals surface area contributed by atoms with Crippen LogP contribution in [0.3, 0.4) is 0 Å². The molecule has 0 bridgehead atoms. The second-order valence-electron chi connectivity index (χ2n) is 25.5. The maximum atomic E-state index is 2.71. The van der Waals surface area contributed by atoms with Gasteiger partial charge in [0.15, 0.2) is 0 Å².